The van der Waals surface area contributed by atoms with Crippen molar-refractivity contribution < 1.29 is 0 Å². The number of aromatic nitrogens is 1. The van der Waals surface area contributed by atoms with Crippen molar-refractivity contribution in [2.24, 2.45) is 5.73 Å². The van der Waals surface area contributed by atoms with Crippen molar-refractivity contribution in [3.05, 3.63) is 23.0 Å². The Morgan fingerprint density at radius 1 is 1.39 bits per heavy atom. The van der Waals surface area contributed by atoms with Gasteiger partial charge in [0.2, 0.25) is 0 Å². The van der Waals surface area contributed by atoms with Crippen molar-refractivity contribution in [3.63, 3.8) is 0 Å². The van der Waals surface area contributed by atoms with Gasteiger partial charge in [-0.3, -0.25) is 4.98 Å². The summed E-state index contributed by atoms with van der Waals surface area (Å²) in [4.78, 5) is 7.10. The number of aryl methyl sites for hydroxylation is 2. The van der Waals surface area contributed by atoms with Crippen molar-refractivity contribution in [2.75, 3.05) is 18.5 Å². The van der Waals surface area contributed by atoms with Gasteiger partial charge in [-0.2, -0.15) is 0 Å². The number of nitrogens with two attached hydrogens (primary N) is 1. The van der Waals surface area contributed by atoms with Gasteiger partial charge in [0, 0.05) is 25.0 Å². The second-order valence-electron chi connectivity index (χ2n) is 4.74. The van der Waals surface area contributed by atoms with E-state index in [2.05, 4.69) is 29.9 Å². The lowest BCUT2D eigenvalue weighted by Gasteiger charge is -2.23. The summed E-state index contributed by atoms with van der Waals surface area (Å²) in [5, 5.41) is 0. The topological polar surface area (TPSA) is 42.2 Å². The Hall–Kier alpha value is -1.16. The summed E-state index contributed by atoms with van der Waals surface area (Å²) in [6.07, 6.45) is 3.66. The minimum atomic E-state index is 0.428. The van der Waals surface area contributed by atoms with Gasteiger partial charge in [-0.05, 0) is 26.3 Å². The molecule has 0 radical (unpaired) electrons. The molecule has 1 rings (SSSR count). The number of nitrogens with zero attached hydrogens (tertiary/aromatic N) is 2. The van der Waals surface area contributed by atoms with E-state index in [1.54, 1.807) is 0 Å². The molecule has 2 N–H and O–H groups in total. The number of pyridine rings is 1. The maximum absolute atomic E-state index is 5.82. The zero-order valence-electron chi connectivity index (χ0n) is 11.8. The Morgan fingerprint density at radius 3 is 2.61 bits per heavy atom. The molecule has 0 fully saturated rings. The predicted molar refractivity (Wildman–Crippen MR) is 82.4 cm³/mol. The van der Waals surface area contributed by atoms with Crippen LogP contribution >= 0.6 is 12.2 Å². The van der Waals surface area contributed by atoms with E-state index in [9.17, 15) is 0 Å². The fourth-order valence-electron chi connectivity index (χ4n) is 2.13. The second-order valence-corrected chi connectivity index (χ2v) is 5.18. The van der Waals surface area contributed by atoms with Crippen LogP contribution in [-0.2, 0) is 0 Å². The first-order chi connectivity index (χ1) is 8.47. The van der Waals surface area contributed by atoms with Crippen LogP contribution in [0.3, 0.4) is 0 Å². The van der Waals surface area contributed by atoms with Crippen molar-refractivity contribution in [2.45, 2.75) is 40.0 Å². The Kier molecular flexibility index (Phi) is 5.54. The molecule has 0 bridgehead atoms. The Labute approximate surface area is 115 Å². The first-order valence-electron chi connectivity index (χ1n) is 6.46. The Bertz CT molecular complexity index is 429. The van der Waals surface area contributed by atoms with Crippen LogP contribution in [0.1, 0.15) is 43.1 Å². The van der Waals surface area contributed by atoms with Crippen LogP contribution in [-0.4, -0.2) is 23.6 Å². The molecule has 0 atom stereocenters. The number of rotatable bonds is 6. The lowest BCUT2D eigenvalue weighted by molar-refractivity contribution is 0.704. The fraction of sp³-hybridized carbons (Fsp3) is 0.571. The SMILES string of the molecule is CCCCCN(C)c1cc(C)nc(C)c1C(N)=S. The summed E-state index contributed by atoms with van der Waals surface area (Å²) in [5.41, 5.74) is 9.76. The smallest absolute Gasteiger partial charge is 0.107 e. The largest absolute Gasteiger partial charge is 0.389 e. The maximum atomic E-state index is 5.82. The lowest BCUT2D eigenvalue weighted by atomic mass is 10.1. The van der Waals surface area contributed by atoms with Crippen LogP contribution in [0.2, 0.25) is 0 Å². The first kappa shape index (κ1) is 14.9. The van der Waals surface area contributed by atoms with E-state index in [0.717, 1.165) is 29.2 Å². The molecule has 0 saturated carbocycles. The molecule has 1 heterocycles. The monoisotopic (exact) mass is 265 g/mol. The molecule has 4 heteroatoms. The van der Waals surface area contributed by atoms with Crippen LogP contribution in [0.5, 0.6) is 0 Å². The summed E-state index contributed by atoms with van der Waals surface area (Å²) in [7, 11) is 2.09. The summed E-state index contributed by atoms with van der Waals surface area (Å²) >= 11 is 5.15. The van der Waals surface area contributed by atoms with Crippen molar-refractivity contribution in [3.8, 4) is 0 Å². The molecule has 0 amide bonds. The van der Waals surface area contributed by atoms with Gasteiger partial charge in [0.25, 0.3) is 0 Å². The highest BCUT2D eigenvalue weighted by molar-refractivity contribution is 7.80. The van der Waals surface area contributed by atoms with E-state index in [0.29, 0.717) is 4.99 Å². The molecule has 1 aromatic heterocycles. The van der Waals surface area contributed by atoms with E-state index in [-0.39, 0.29) is 0 Å². The molecule has 100 valence electrons. The summed E-state index contributed by atoms with van der Waals surface area (Å²) in [6, 6.07) is 2.06. The quantitative estimate of drug-likeness (QED) is 0.634. The fourth-order valence-corrected chi connectivity index (χ4v) is 2.39. The second kappa shape index (κ2) is 6.69. The minimum Gasteiger partial charge on any atom is -0.389 e. The van der Waals surface area contributed by atoms with Crippen molar-refractivity contribution in [1.29, 1.82) is 0 Å². The van der Waals surface area contributed by atoms with Gasteiger partial charge in [-0.15, -0.1) is 0 Å². The van der Waals surface area contributed by atoms with Crippen molar-refractivity contribution >= 4 is 22.9 Å². The van der Waals surface area contributed by atoms with E-state index < -0.39 is 0 Å². The molecule has 0 aromatic carbocycles. The summed E-state index contributed by atoms with van der Waals surface area (Å²) in [5.74, 6) is 0. The summed E-state index contributed by atoms with van der Waals surface area (Å²) in [6.45, 7) is 7.19. The zero-order valence-corrected chi connectivity index (χ0v) is 12.6. The number of anilines is 1. The van der Waals surface area contributed by atoms with Crippen molar-refractivity contribution in [1.82, 2.24) is 4.98 Å². The Morgan fingerprint density at radius 2 is 2.06 bits per heavy atom. The number of hydrogen-bond acceptors (Lipinski definition) is 3. The maximum Gasteiger partial charge on any atom is 0.107 e. The highest BCUT2D eigenvalue weighted by Crippen LogP contribution is 2.23. The van der Waals surface area contributed by atoms with Gasteiger partial charge in [-0.1, -0.05) is 32.0 Å². The molecule has 0 unspecified atom stereocenters. The predicted octanol–water partition coefficient (Wildman–Crippen LogP) is 2.96. The number of hydrogen-bond donors (Lipinski definition) is 1. The highest BCUT2D eigenvalue weighted by atomic mass is 32.1. The molecule has 0 saturated heterocycles. The normalized spacial score (nSPS) is 10.4. The molecule has 1 aromatic rings. The van der Waals surface area contributed by atoms with E-state index in [1.165, 1.54) is 19.3 Å². The molecule has 0 aliphatic carbocycles. The van der Waals surface area contributed by atoms with Gasteiger partial charge in [0.1, 0.15) is 4.99 Å². The molecule has 18 heavy (non-hydrogen) atoms. The zero-order chi connectivity index (χ0) is 13.7. The van der Waals surface area contributed by atoms with E-state index in [4.69, 9.17) is 18.0 Å². The average molecular weight is 265 g/mol. The van der Waals surface area contributed by atoms with E-state index in [1.807, 2.05) is 13.8 Å². The van der Waals surface area contributed by atoms with Gasteiger partial charge < -0.3 is 10.6 Å². The standard InChI is InChI=1S/C14H23N3S/c1-5-6-7-8-17(4)12-9-10(2)16-11(3)13(12)14(15)18/h9H,5-8H2,1-4H3,(H2,15,18). The van der Waals surface area contributed by atoms with Crippen LogP contribution in [0.25, 0.3) is 0 Å². The number of thiocarbonyl (C=S) groups is 1. The molecule has 0 spiro atoms. The van der Waals surface area contributed by atoms with Gasteiger partial charge in [0.15, 0.2) is 0 Å². The average Bonchev–Trinajstić information content (AvgIpc) is 2.27. The minimum absolute atomic E-state index is 0.428. The van der Waals surface area contributed by atoms with Crippen LogP contribution in [0.4, 0.5) is 5.69 Å². The molecule has 3 nitrogen and oxygen atoms in total. The van der Waals surface area contributed by atoms with Crippen LogP contribution < -0.4 is 10.6 Å². The van der Waals surface area contributed by atoms with Gasteiger partial charge >= 0.3 is 0 Å². The molecule has 0 aliphatic heterocycles. The lowest BCUT2D eigenvalue weighted by Crippen LogP contribution is -2.24. The first-order valence-corrected chi connectivity index (χ1v) is 6.87. The molecular weight excluding hydrogens is 242 g/mol. The van der Waals surface area contributed by atoms with Crippen LogP contribution in [0, 0.1) is 13.8 Å². The Balaban J connectivity index is 3.02. The molecular formula is C14H23N3S. The van der Waals surface area contributed by atoms with Crippen LogP contribution in [0.15, 0.2) is 6.07 Å². The number of unbranched alkanes of at least 4 members (excludes halogenated alkanes) is 2. The summed E-state index contributed by atoms with van der Waals surface area (Å²) < 4.78 is 0. The van der Waals surface area contributed by atoms with E-state index >= 15 is 0 Å². The third-order valence-corrected chi connectivity index (χ3v) is 3.27. The molecule has 0 aliphatic rings. The third-order valence-electron chi connectivity index (χ3n) is 3.06. The van der Waals surface area contributed by atoms with Gasteiger partial charge in [0.05, 0.1) is 11.3 Å². The third kappa shape index (κ3) is 3.67. The van der Waals surface area contributed by atoms with Gasteiger partial charge in [-0.25, -0.2) is 0 Å². The highest BCUT2D eigenvalue weighted by Gasteiger charge is 2.14.